The van der Waals surface area contributed by atoms with E-state index in [0.717, 1.165) is 26.5 Å². The largest absolute Gasteiger partial charge is 0.477 e. The number of nitrogens with one attached hydrogen (secondary N) is 2. The number of carbonyl (C=O) groups is 4. The summed E-state index contributed by atoms with van der Waals surface area (Å²) in [6.07, 6.45) is -0.487. The number of fused-ring (bicyclic) bond motifs is 2. The van der Waals surface area contributed by atoms with E-state index in [-0.39, 0.29) is 28.8 Å². The van der Waals surface area contributed by atoms with Gasteiger partial charge in [0, 0.05) is 28.2 Å². The third-order valence-corrected chi connectivity index (χ3v) is 9.09. The number of thiophene rings is 1. The lowest BCUT2D eigenvalue weighted by Crippen LogP contribution is -2.71. The average molecular weight is 625 g/mol. The Hall–Kier alpha value is -4.16. The molecule has 41 heavy (non-hydrogen) atoms. The summed E-state index contributed by atoms with van der Waals surface area (Å²) >= 11 is 3.62. The number of carboxylic acids is 1. The van der Waals surface area contributed by atoms with Gasteiger partial charge in [0.25, 0.3) is 23.1 Å². The maximum Gasteiger partial charge on any atom is 0.352 e. The van der Waals surface area contributed by atoms with Gasteiger partial charge in [0.2, 0.25) is 6.41 Å². The number of hydrogen-bond acceptors (Lipinski definition) is 11. The zero-order chi connectivity index (χ0) is 29.3. The molecule has 2 atom stereocenters. The van der Waals surface area contributed by atoms with E-state index in [0.29, 0.717) is 17.7 Å². The van der Waals surface area contributed by atoms with E-state index in [1.807, 2.05) is 10.6 Å². The first-order valence-electron chi connectivity index (χ1n) is 11.7. The molecule has 5 rings (SSSR count). The fraction of sp³-hybridized carbons (Fsp3) is 0.261. The van der Waals surface area contributed by atoms with E-state index in [2.05, 4.69) is 25.6 Å². The lowest BCUT2D eigenvalue weighted by molar-refractivity contribution is -0.661. The molecule has 214 valence electrons. The van der Waals surface area contributed by atoms with Crippen LogP contribution in [0.3, 0.4) is 0 Å². The second-order valence-electron chi connectivity index (χ2n) is 8.58. The van der Waals surface area contributed by atoms with Crippen LogP contribution < -0.4 is 20.9 Å². The highest BCUT2D eigenvalue weighted by atomic mass is 32.2. The molecule has 5 heterocycles. The lowest BCUT2D eigenvalue weighted by Gasteiger charge is -2.49. The van der Waals surface area contributed by atoms with Gasteiger partial charge < -0.3 is 26.3 Å². The van der Waals surface area contributed by atoms with Crippen LogP contribution in [-0.4, -0.2) is 75.1 Å². The van der Waals surface area contributed by atoms with Gasteiger partial charge in [-0.3, -0.25) is 19.3 Å². The molecule has 18 heteroatoms. The average Bonchev–Trinajstić information content (AvgIpc) is 3.56. The summed E-state index contributed by atoms with van der Waals surface area (Å²) in [6, 6.07) is 2.49. The Morgan fingerprint density at radius 1 is 1.37 bits per heavy atom. The lowest BCUT2D eigenvalue weighted by atomic mass is 10.0. The number of amides is 3. The number of hydrogen-bond donors (Lipinski definition) is 4. The van der Waals surface area contributed by atoms with Crippen molar-refractivity contribution >= 4 is 85.4 Å². The summed E-state index contributed by atoms with van der Waals surface area (Å²) in [6.45, 7) is -0.892. The van der Waals surface area contributed by atoms with Crippen molar-refractivity contribution in [2.24, 2.45) is 5.16 Å². The number of nitrogens with zero attached hydrogens (tertiary/aromatic N) is 4. The molecule has 3 aromatic heterocycles. The zero-order valence-corrected chi connectivity index (χ0v) is 23.1. The van der Waals surface area contributed by atoms with Crippen LogP contribution in [0.5, 0.6) is 0 Å². The number of carboxylic acid groups (broad SMARTS) is 1. The Labute approximate surface area is 241 Å². The topological polar surface area (TPSA) is 180 Å². The maximum atomic E-state index is 13.1. The number of pyridine rings is 1. The van der Waals surface area contributed by atoms with E-state index < -0.39 is 47.9 Å². The van der Waals surface area contributed by atoms with Crippen molar-refractivity contribution in [2.75, 3.05) is 23.4 Å². The van der Waals surface area contributed by atoms with Crippen LogP contribution in [-0.2, 0) is 30.6 Å². The van der Waals surface area contributed by atoms with Gasteiger partial charge in [-0.2, -0.15) is 4.57 Å². The molecule has 0 spiro atoms. The SMILES string of the molecule is Nc1nc(/C(=N/OCC(F)F)C(=O)NC2C(=O)N3C(C(=O)O)=C(C[n+]4cccc5c(NC=O)csc54)CS[C@H]23)cs1. The van der Waals surface area contributed by atoms with E-state index in [4.69, 9.17) is 5.73 Å². The number of β-lactam (4-membered cyclic amide) rings is 1. The summed E-state index contributed by atoms with van der Waals surface area (Å²) in [5.41, 5.74) is 6.05. The van der Waals surface area contributed by atoms with Gasteiger partial charge in [0.15, 0.2) is 30.2 Å². The summed E-state index contributed by atoms with van der Waals surface area (Å²) in [7, 11) is 0. The molecule has 0 aliphatic carbocycles. The number of oxime groups is 1. The van der Waals surface area contributed by atoms with Crippen LogP contribution >= 0.6 is 34.4 Å². The number of alkyl halides is 2. The molecule has 3 aromatic rings. The molecule has 2 aliphatic heterocycles. The third-order valence-electron chi connectivity index (χ3n) is 6.05. The van der Waals surface area contributed by atoms with E-state index in [1.54, 1.807) is 17.6 Å². The minimum atomic E-state index is -2.83. The van der Waals surface area contributed by atoms with Crippen LogP contribution in [0.25, 0.3) is 10.2 Å². The monoisotopic (exact) mass is 624 g/mol. The molecular formula is C23H20F2N7O6S3+. The molecule has 1 unspecified atom stereocenters. The summed E-state index contributed by atoms with van der Waals surface area (Å²) in [4.78, 5) is 59.8. The minimum Gasteiger partial charge on any atom is -0.477 e. The van der Waals surface area contributed by atoms with Gasteiger partial charge in [-0.15, -0.1) is 23.1 Å². The van der Waals surface area contributed by atoms with Gasteiger partial charge >= 0.3 is 5.97 Å². The highest BCUT2D eigenvalue weighted by molar-refractivity contribution is 8.00. The molecule has 0 bridgehead atoms. The number of rotatable bonds is 11. The van der Waals surface area contributed by atoms with Crippen molar-refractivity contribution in [2.45, 2.75) is 24.4 Å². The van der Waals surface area contributed by atoms with Gasteiger partial charge in [0.05, 0.1) is 11.1 Å². The quantitative estimate of drug-likeness (QED) is 0.0802. The summed E-state index contributed by atoms with van der Waals surface area (Å²) in [5, 5.41) is 22.0. The molecule has 0 radical (unpaired) electrons. The van der Waals surface area contributed by atoms with Crippen molar-refractivity contribution in [1.82, 2.24) is 15.2 Å². The van der Waals surface area contributed by atoms with Crippen molar-refractivity contribution < 1.29 is 42.5 Å². The molecular weight excluding hydrogens is 604 g/mol. The smallest absolute Gasteiger partial charge is 0.352 e. The Balaban J connectivity index is 1.36. The van der Waals surface area contributed by atoms with Crippen LogP contribution in [0.1, 0.15) is 5.69 Å². The Morgan fingerprint density at radius 2 is 2.17 bits per heavy atom. The molecule has 13 nitrogen and oxygen atoms in total. The molecule has 2 aliphatic rings. The molecule has 1 fully saturated rings. The number of carbonyl (C=O) groups excluding carboxylic acids is 3. The number of thioether (sulfide) groups is 1. The second-order valence-corrected chi connectivity index (χ2v) is 11.4. The first-order chi connectivity index (χ1) is 19.7. The van der Waals surface area contributed by atoms with Crippen LogP contribution in [0, 0.1) is 0 Å². The number of aliphatic carboxylic acids is 1. The Bertz CT molecular complexity index is 1610. The first kappa shape index (κ1) is 28.4. The number of aromatic nitrogens is 2. The van der Waals surface area contributed by atoms with Gasteiger partial charge in [0.1, 0.15) is 22.8 Å². The van der Waals surface area contributed by atoms with Crippen molar-refractivity contribution in [3.63, 3.8) is 0 Å². The molecule has 3 amide bonds. The Kier molecular flexibility index (Phi) is 8.13. The molecule has 0 saturated carbocycles. The predicted molar refractivity (Wildman–Crippen MR) is 146 cm³/mol. The fourth-order valence-electron chi connectivity index (χ4n) is 4.33. The Morgan fingerprint density at radius 3 is 2.85 bits per heavy atom. The van der Waals surface area contributed by atoms with E-state index >= 15 is 0 Å². The van der Waals surface area contributed by atoms with Crippen molar-refractivity contribution in [3.8, 4) is 0 Å². The second kappa shape index (κ2) is 11.8. The summed E-state index contributed by atoms with van der Waals surface area (Å²) < 4.78 is 26.9. The molecule has 5 N–H and O–H groups in total. The fourth-order valence-corrected chi connectivity index (χ4v) is 7.20. The van der Waals surface area contributed by atoms with Crippen LogP contribution in [0.4, 0.5) is 19.6 Å². The van der Waals surface area contributed by atoms with Crippen LogP contribution in [0.15, 0.2) is 45.5 Å². The highest BCUT2D eigenvalue weighted by Crippen LogP contribution is 2.40. The highest BCUT2D eigenvalue weighted by Gasteiger charge is 2.55. The van der Waals surface area contributed by atoms with Gasteiger partial charge in [-0.1, -0.05) is 16.5 Å². The van der Waals surface area contributed by atoms with Gasteiger partial charge in [-0.25, -0.2) is 18.6 Å². The van der Waals surface area contributed by atoms with Crippen molar-refractivity contribution in [3.05, 3.63) is 46.1 Å². The maximum absolute atomic E-state index is 13.1. The van der Waals surface area contributed by atoms with E-state index in [9.17, 15) is 33.1 Å². The normalized spacial score (nSPS) is 18.8. The predicted octanol–water partition coefficient (Wildman–Crippen LogP) is 1.22. The first-order valence-corrected chi connectivity index (χ1v) is 14.5. The molecule has 0 aromatic carbocycles. The minimum absolute atomic E-state index is 0.0288. The van der Waals surface area contributed by atoms with Crippen LogP contribution in [0.2, 0.25) is 0 Å². The molecule has 1 saturated heterocycles. The van der Waals surface area contributed by atoms with Crippen molar-refractivity contribution in [1.29, 1.82) is 0 Å². The van der Waals surface area contributed by atoms with Gasteiger partial charge in [-0.05, 0) is 6.07 Å². The number of thiazole rings is 1. The standard InChI is InChI=1S/C23H19F2N7O6S3/c24-14(25)5-38-30-15(13-8-41-23(26)28-13)18(34)29-16-19(35)32-17(22(36)37)10(6-39-21(16)32)4-31-3-1-2-11-12(27-9-33)7-40-20(11)31/h1-3,7-9,14,16,21H,4-6H2,(H4-,26,27,28,29,33,34,36,37)/p+1/b30-15-/t16?,21-/m1/s1. The number of nitrogen functional groups attached to an aromatic ring is 1. The van der Waals surface area contributed by atoms with E-state index in [1.165, 1.54) is 28.5 Å². The number of anilines is 2. The number of halogens is 2. The zero-order valence-electron chi connectivity index (χ0n) is 20.7. The summed E-state index contributed by atoms with van der Waals surface area (Å²) in [5.74, 6) is -2.63. The third kappa shape index (κ3) is 5.57. The number of nitrogens with two attached hydrogens (primary N) is 1.